The molecule has 2 aliphatic rings. The molecule has 1 aromatic carbocycles. The van der Waals surface area contributed by atoms with Crippen LogP contribution in [0.2, 0.25) is 0 Å². The monoisotopic (exact) mass is 447 g/mol. The van der Waals surface area contributed by atoms with Gasteiger partial charge in [0.1, 0.15) is 0 Å². The number of benzene rings is 1. The highest BCUT2D eigenvalue weighted by Gasteiger charge is 2.31. The normalized spacial score (nSPS) is 15.9. The van der Waals surface area contributed by atoms with Crippen molar-refractivity contribution in [1.29, 1.82) is 0 Å². The number of ether oxygens (including phenoxy) is 1. The Morgan fingerprint density at radius 1 is 1.21 bits per heavy atom. The fourth-order valence-electron chi connectivity index (χ4n) is 4.56. The maximum Gasteiger partial charge on any atom is 0.307 e. The van der Waals surface area contributed by atoms with Crippen molar-refractivity contribution < 1.29 is 14.3 Å². The first-order valence-electron chi connectivity index (χ1n) is 11.6. The lowest BCUT2D eigenvalue weighted by Gasteiger charge is -2.28. The molecule has 3 heterocycles. The van der Waals surface area contributed by atoms with Gasteiger partial charge >= 0.3 is 5.97 Å². The molecule has 1 aliphatic carbocycles. The number of rotatable bonds is 8. The van der Waals surface area contributed by atoms with Crippen molar-refractivity contribution in [3.8, 4) is 0 Å². The predicted octanol–water partition coefficient (Wildman–Crippen LogP) is 2.69. The molecule has 0 atom stereocenters. The highest BCUT2D eigenvalue weighted by Crippen LogP contribution is 2.33. The first-order chi connectivity index (χ1) is 16.1. The van der Waals surface area contributed by atoms with Crippen LogP contribution in [-0.4, -0.2) is 51.7 Å². The standard InChI is InChI=1S/C25H29N5O3/c1-33-23(31)9-12-27-25(32)24-20-16-29(13-10-22(20)30(28-24)14-17-6-7-17)15-18-8-11-26-21-5-3-2-4-19(18)21/h2-5,8,11,17H,6-7,9-10,12-16H2,1H3,(H,27,32). The van der Waals surface area contributed by atoms with Gasteiger partial charge in [-0.3, -0.25) is 24.2 Å². The van der Waals surface area contributed by atoms with Crippen LogP contribution in [0.5, 0.6) is 0 Å². The van der Waals surface area contributed by atoms with Gasteiger partial charge in [-0.2, -0.15) is 5.10 Å². The summed E-state index contributed by atoms with van der Waals surface area (Å²) >= 11 is 0. The summed E-state index contributed by atoms with van der Waals surface area (Å²) in [6.07, 6.45) is 5.34. The van der Waals surface area contributed by atoms with Crippen LogP contribution in [0.1, 0.15) is 46.6 Å². The van der Waals surface area contributed by atoms with Gasteiger partial charge in [-0.05, 0) is 36.5 Å². The molecule has 1 aliphatic heterocycles. The zero-order chi connectivity index (χ0) is 22.8. The van der Waals surface area contributed by atoms with E-state index in [4.69, 9.17) is 5.10 Å². The van der Waals surface area contributed by atoms with Crippen molar-refractivity contribution in [2.24, 2.45) is 5.92 Å². The average molecular weight is 448 g/mol. The third-order valence-corrected chi connectivity index (χ3v) is 6.53. The number of nitrogens with one attached hydrogen (secondary N) is 1. The number of aromatic nitrogens is 3. The Labute approximate surface area is 192 Å². The molecule has 1 N–H and O–H groups in total. The fourth-order valence-corrected chi connectivity index (χ4v) is 4.56. The number of nitrogens with zero attached hydrogens (tertiary/aromatic N) is 4. The van der Waals surface area contributed by atoms with E-state index in [9.17, 15) is 9.59 Å². The Morgan fingerprint density at radius 2 is 2.06 bits per heavy atom. The SMILES string of the molecule is COC(=O)CCNC(=O)c1nn(CC2CC2)c2c1CN(Cc1ccnc3ccccc13)CC2. The Morgan fingerprint density at radius 3 is 2.88 bits per heavy atom. The van der Waals surface area contributed by atoms with Crippen LogP contribution in [0.3, 0.4) is 0 Å². The predicted molar refractivity (Wildman–Crippen MR) is 123 cm³/mol. The van der Waals surface area contributed by atoms with Crippen LogP contribution in [0.15, 0.2) is 36.5 Å². The third-order valence-electron chi connectivity index (χ3n) is 6.53. The number of amides is 1. The second-order valence-corrected chi connectivity index (χ2v) is 8.93. The minimum atomic E-state index is -0.340. The molecule has 2 aromatic heterocycles. The van der Waals surface area contributed by atoms with Crippen molar-refractivity contribution in [1.82, 2.24) is 25.0 Å². The average Bonchev–Trinajstić information content (AvgIpc) is 3.59. The molecule has 172 valence electrons. The van der Waals surface area contributed by atoms with Gasteiger partial charge in [-0.1, -0.05) is 18.2 Å². The van der Waals surface area contributed by atoms with Crippen LogP contribution in [0.25, 0.3) is 10.9 Å². The quantitative estimate of drug-likeness (QED) is 0.534. The molecular weight excluding hydrogens is 418 g/mol. The molecule has 0 bridgehead atoms. The number of carbonyl (C=O) groups excluding carboxylic acids is 2. The van der Waals surface area contributed by atoms with E-state index in [2.05, 4.69) is 36.8 Å². The van der Waals surface area contributed by atoms with Crippen molar-refractivity contribution in [2.75, 3.05) is 20.2 Å². The number of hydrogen-bond donors (Lipinski definition) is 1. The van der Waals surface area contributed by atoms with Gasteiger partial charge in [0.05, 0.1) is 19.0 Å². The summed E-state index contributed by atoms with van der Waals surface area (Å²) in [6.45, 7) is 3.51. The highest BCUT2D eigenvalue weighted by atomic mass is 16.5. The second kappa shape index (κ2) is 9.31. The Balaban J connectivity index is 1.36. The van der Waals surface area contributed by atoms with Gasteiger partial charge in [-0.15, -0.1) is 0 Å². The smallest absolute Gasteiger partial charge is 0.307 e. The zero-order valence-electron chi connectivity index (χ0n) is 18.9. The minimum Gasteiger partial charge on any atom is -0.469 e. The molecule has 8 heteroatoms. The molecule has 1 amide bonds. The number of carbonyl (C=O) groups is 2. The van der Waals surface area contributed by atoms with Crippen molar-refractivity contribution in [2.45, 2.75) is 45.3 Å². The van der Waals surface area contributed by atoms with Gasteiger partial charge in [0.2, 0.25) is 0 Å². The molecule has 0 spiro atoms. The van der Waals surface area contributed by atoms with Gasteiger partial charge in [0, 0.05) is 62.0 Å². The molecule has 1 fully saturated rings. The van der Waals surface area contributed by atoms with Crippen LogP contribution in [0.4, 0.5) is 0 Å². The van der Waals surface area contributed by atoms with Crippen LogP contribution in [0, 0.1) is 5.92 Å². The molecule has 33 heavy (non-hydrogen) atoms. The first-order valence-corrected chi connectivity index (χ1v) is 11.6. The lowest BCUT2D eigenvalue weighted by molar-refractivity contribution is -0.140. The van der Waals surface area contributed by atoms with E-state index in [0.717, 1.165) is 42.5 Å². The van der Waals surface area contributed by atoms with Crippen molar-refractivity contribution >= 4 is 22.8 Å². The fraction of sp³-hybridized carbons (Fsp3) is 0.440. The molecule has 5 rings (SSSR count). The topological polar surface area (TPSA) is 89.3 Å². The molecule has 0 saturated heterocycles. The molecule has 1 saturated carbocycles. The summed E-state index contributed by atoms with van der Waals surface area (Å²) in [5.41, 5.74) is 4.90. The Hall–Kier alpha value is -3.26. The van der Waals surface area contributed by atoms with E-state index in [0.29, 0.717) is 18.2 Å². The summed E-state index contributed by atoms with van der Waals surface area (Å²) in [7, 11) is 1.35. The summed E-state index contributed by atoms with van der Waals surface area (Å²) in [5, 5.41) is 8.74. The Kier molecular flexibility index (Phi) is 6.09. The zero-order valence-corrected chi connectivity index (χ0v) is 18.9. The summed E-state index contributed by atoms with van der Waals surface area (Å²) < 4.78 is 6.72. The summed E-state index contributed by atoms with van der Waals surface area (Å²) in [6, 6.07) is 10.3. The van der Waals surface area contributed by atoms with Crippen molar-refractivity contribution in [3.63, 3.8) is 0 Å². The van der Waals surface area contributed by atoms with Gasteiger partial charge in [0.25, 0.3) is 5.91 Å². The molecule has 3 aromatic rings. The number of methoxy groups -OCH3 is 1. The molecule has 8 nitrogen and oxygen atoms in total. The van der Waals surface area contributed by atoms with Crippen LogP contribution < -0.4 is 5.32 Å². The number of para-hydroxylation sites is 1. The van der Waals surface area contributed by atoms with Gasteiger partial charge in [0.15, 0.2) is 5.69 Å². The lowest BCUT2D eigenvalue weighted by Crippen LogP contribution is -2.33. The van der Waals surface area contributed by atoms with Gasteiger partial charge < -0.3 is 10.1 Å². The molecule has 0 radical (unpaired) electrons. The van der Waals surface area contributed by atoms with Crippen LogP contribution in [-0.2, 0) is 35.6 Å². The maximum absolute atomic E-state index is 13.0. The summed E-state index contributed by atoms with van der Waals surface area (Å²) in [5.74, 6) is 0.110. The second-order valence-electron chi connectivity index (χ2n) is 8.93. The minimum absolute atomic E-state index is 0.147. The molecular formula is C25H29N5O3. The van der Waals surface area contributed by atoms with E-state index in [-0.39, 0.29) is 24.8 Å². The lowest BCUT2D eigenvalue weighted by atomic mass is 10.0. The maximum atomic E-state index is 13.0. The number of esters is 1. The van der Waals surface area contributed by atoms with E-state index < -0.39 is 0 Å². The Bertz CT molecular complexity index is 1180. The summed E-state index contributed by atoms with van der Waals surface area (Å²) in [4.78, 5) is 31.2. The first kappa shape index (κ1) is 21.6. The number of pyridine rings is 1. The third kappa shape index (κ3) is 4.75. The number of fused-ring (bicyclic) bond motifs is 2. The van der Waals surface area contributed by atoms with E-state index in [1.54, 1.807) is 0 Å². The largest absolute Gasteiger partial charge is 0.469 e. The van der Waals surface area contributed by atoms with Gasteiger partial charge in [-0.25, -0.2) is 0 Å². The van der Waals surface area contributed by atoms with E-state index in [1.165, 1.54) is 31.2 Å². The highest BCUT2D eigenvalue weighted by molar-refractivity contribution is 5.94. The molecule has 0 unspecified atom stereocenters. The number of hydrogen-bond acceptors (Lipinski definition) is 6. The van der Waals surface area contributed by atoms with Crippen LogP contribution >= 0.6 is 0 Å². The van der Waals surface area contributed by atoms with E-state index >= 15 is 0 Å². The van der Waals surface area contributed by atoms with Crippen molar-refractivity contribution in [3.05, 3.63) is 59.0 Å². The van der Waals surface area contributed by atoms with E-state index in [1.807, 2.05) is 24.4 Å².